The number of halogens is 4. The van der Waals surface area contributed by atoms with Gasteiger partial charge in [0, 0.05) is 11.3 Å². The zero-order valence-corrected chi connectivity index (χ0v) is 23.2. The molecule has 4 rings (SSSR count). The van der Waals surface area contributed by atoms with E-state index in [1.165, 1.54) is 23.5 Å². The van der Waals surface area contributed by atoms with E-state index < -0.39 is 54.4 Å². The maximum Gasteiger partial charge on any atom is 0.416 e. The summed E-state index contributed by atoms with van der Waals surface area (Å²) in [6.07, 6.45) is -1.32. The van der Waals surface area contributed by atoms with E-state index in [9.17, 15) is 37.1 Å². The Morgan fingerprint density at radius 2 is 1.56 bits per heavy atom. The molecule has 3 N–H and O–H groups in total. The van der Waals surface area contributed by atoms with Gasteiger partial charge < -0.3 is 20.4 Å². The van der Waals surface area contributed by atoms with E-state index in [0.717, 1.165) is 43.4 Å². The van der Waals surface area contributed by atoms with Gasteiger partial charge >= 0.3 is 12.1 Å². The molecule has 0 spiro atoms. The third kappa shape index (κ3) is 8.63. The molecule has 1 aliphatic carbocycles. The first-order valence-electron chi connectivity index (χ1n) is 14.0. The average molecular weight is 601 g/mol. The van der Waals surface area contributed by atoms with E-state index in [-0.39, 0.29) is 17.7 Å². The van der Waals surface area contributed by atoms with Gasteiger partial charge in [0.1, 0.15) is 5.82 Å². The molecule has 1 atom stereocenters. The number of hydrogen-bond donors (Lipinski definition) is 3. The van der Waals surface area contributed by atoms with E-state index in [1.54, 1.807) is 24.3 Å². The Labute approximate surface area is 246 Å². The number of carbonyl (C=O) groups is 3. The van der Waals surface area contributed by atoms with Crippen molar-refractivity contribution in [2.75, 3.05) is 11.4 Å². The largest absolute Gasteiger partial charge is 0.479 e. The second kappa shape index (κ2) is 13.8. The van der Waals surface area contributed by atoms with Gasteiger partial charge in [-0.2, -0.15) is 13.2 Å². The van der Waals surface area contributed by atoms with Crippen LogP contribution >= 0.6 is 0 Å². The maximum atomic E-state index is 14.0. The number of benzene rings is 3. The highest BCUT2D eigenvalue weighted by atomic mass is 19.4. The molecule has 1 aliphatic rings. The lowest BCUT2D eigenvalue weighted by molar-refractivity contribution is -0.146. The molecular weight excluding hydrogens is 568 g/mol. The molecule has 11 heteroatoms. The van der Waals surface area contributed by atoms with Gasteiger partial charge in [-0.1, -0.05) is 43.5 Å². The summed E-state index contributed by atoms with van der Waals surface area (Å²) in [6.45, 7) is -0.464. The maximum absolute atomic E-state index is 14.0. The van der Waals surface area contributed by atoms with Gasteiger partial charge in [-0.25, -0.2) is 9.18 Å². The van der Waals surface area contributed by atoms with Crippen molar-refractivity contribution in [1.82, 2.24) is 5.32 Å². The number of carboxylic acid groups (broad SMARTS) is 1. The predicted octanol–water partition coefficient (Wildman–Crippen LogP) is 5.84. The summed E-state index contributed by atoms with van der Waals surface area (Å²) in [4.78, 5) is 38.0. The van der Waals surface area contributed by atoms with Crippen LogP contribution < -0.4 is 10.2 Å². The van der Waals surface area contributed by atoms with Gasteiger partial charge in [0.2, 0.25) is 5.91 Å². The van der Waals surface area contributed by atoms with Crippen LogP contribution in [0.5, 0.6) is 0 Å². The number of nitrogens with one attached hydrogen (secondary N) is 1. The van der Waals surface area contributed by atoms with Crippen molar-refractivity contribution in [1.29, 1.82) is 0 Å². The molecule has 43 heavy (non-hydrogen) atoms. The van der Waals surface area contributed by atoms with Crippen LogP contribution in [0.2, 0.25) is 0 Å². The fourth-order valence-electron chi connectivity index (χ4n) is 5.19. The normalized spacial score (nSPS) is 14.6. The van der Waals surface area contributed by atoms with Crippen molar-refractivity contribution in [3.05, 3.63) is 100 Å². The van der Waals surface area contributed by atoms with E-state index in [2.05, 4.69) is 5.32 Å². The highest BCUT2D eigenvalue weighted by Gasteiger charge is 2.32. The topological polar surface area (TPSA) is 107 Å². The Balaban J connectivity index is 1.56. The molecule has 0 aliphatic heterocycles. The van der Waals surface area contributed by atoms with Gasteiger partial charge in [-0.15, -0.1) is 0 Å². The summed E-state index contributed by atoms with van der Waals surface area (Å²) in [6, 6.07) is 15.7. The molecule has 3 aromatic rings. The van der Waals surface area contributed by atoms with Gasteiger partial charge in [0.25, 0.3) is 5.91 Å². The van der Waals surface area contributed by atoms with E-state index in [4.69, 9.17) is 5.11 Å². The third-order valence-corrected chi connectivity index (χ3v) is 7.52. The third-order valence-electron chi connectivity index (χ3n) is 7.52. The molecule has 0 saturated heterocycles. The Bertz CT molecular complexity index is 1440. The summed E-state index contributed by atoms with van der Waals surface area (Å²) in [5.74, 6) is -3.29. The molecule has 7 nitrogen and oxygen atoms in total. The van der Waals surface area contributed by atoms with Crippen LogP contribution in [0.3, 0.4) is 0 Å². The second-order valence-corrected chi connectivity index (χ2v) is 10.7. The first-order chi connectivity index (χ1) is 20.4. The van der Waals surface area contributed by atoms with Crippen molar-refractivity contribution >= 4 is 23.5 Å². The number of alkyl halides is 3. The zero-order valence-electron chi connectivity index (χ0n) is 23.2. The zero-order chi connectivity index (χ0) is 31.1. The highest BCUT2D eigenvalue weighted by molar-refractivity contribution is 5.95. The Morgan fingerprint density at radius 1 is 0.907 bits per heavy atom. The van der Waals surface area contributed by atoms with Crippen LogP contribution in [-0.4, -0.2) is 40.6 Å². The number of amides is 2. The summed E-state index contributed by atoms with van der Waals surface area (Å²) in [5, 5.41) is 20.4. The van der Waals surface area contributed by atoms with Crippen LogP contribution in [0, 0.1) is 5.82 Å². The quantitative estimate of drug-likeness (QED) is 0.254. The van der Waals surface area contributed by atoms with E-state index in [1.807, 2.05) is 12.1 Å². The van der Waals surface area contributed by atoms with Gasteiger partial charge in [-0.3, -0.25) is 9.59 Å². The number of aliphatic carboxylic acids is 1. The van der Waals surface area contributed by atoms with Crippen LogP contribution in [0.15, 0.2) is 66.7 Å². The SMILES string of the molecule is O=C(NCC(O)C(=O)O)c1ccc(CN(C(=O)Cc2cc(F)cc(C(F)(F)F)c2)c2ccc(C3CCCCC3)cc2)cc1. The van der Waals surface area contributed by atoms with Crippen LogP contribution in [0.25, 0.3) is 0 Å². The molecule has 228 valence electrons. The lowest BCUT2D eigenvalue weighted by Gasteiger charge is -2.26. The van der Waals surface area contributed by atoms with Crippen molar-refractivity contribution in [3.63, 3.8) is 0 Å². The van der Waals surface area contributed by atoms with Crippen molar-refractivity contribution in [2.45, 2.75) is 63.3 Å². The number of carbonyl (C=O) groups excluding carboxylic acids is 2. The van der Waals surface area contributed by atoms with Gasteiger partial charge in [-0.05, 0) is 77.9 Å². The standard InChI is InChI=1S/C32H32F4N2O5/c33-26-15-21(14-25(17-26)32(34,35)36)16-29(40)38(27-12-10-23(11-13-27)22-4-2-1-3-5-22)19-20-6-8-24(9-7-20)30(41)37-18-28(39)31(42)43/h6-15,17,22,28,39H,1-5,16,18-19H2,(H,37,41)(H,42,43). The number of rotatable bonds is 10. The van der Waals surface area contributed by atoms with E-state index >= 15 is 0 Å². The molecule has 1 fully saturated rings. The minimum Gasteiger partial charge on any atom is -0.479 e. The molecule has 0 radical (unpaired) electrons. The summed E-state index contributed by atoms with van der Waals surface area (Å²) >= 11 is 0. The molecule has 3 aromatic carbocycles. The summed E-state index contributed by atoms with van der Waals surface area (Å²) in [7, 11) is 0. The monoisotopic (exact) mass is 600 g/mol. The Morgan fingerprint density at radius 3 is 2.16 bits per heavy atom. The molecular formula is C32H32F4N2O5. The predicted molar refractivity (Wildman–Crippen MR) is 151 cm³/mol. The van der Waals surface area contributed by atoms with Gasteiger partial charge in [0.15, 0.2) is 6.10 Å². The number of carboxylic acids is 1. The van der Waals surface area contributed by atoms with Crippen molar-refractivity contribution in [3.8, 4) is 0 Å². The lowest BCUT2D eigenvalue weighted by atomic mass is 9.84. The van der Waals surface area contributed by atoms with Crippen LogP contribution in [0.4, 0.5) is 23.2 Å². The van der Waals surface area contributed by atoms with Crippen LogP contribution in [0.1, 0.15) is 70.6 Å². The number of aliphatic hydroxyl groups excluding tert-OH is 1. The number of aliphatic hydroxyl groups is 1. The molecule has 0 aromatic heterocycles. The minimum absolute atomic E-state index is 0.0165. The molecule has 0 heterocycles. The molecule has 1 unspecified atom stereocenters. The summed E-state index contributed by atoms with van der Waals surface area (Å²) < 4.78 is 53.9. The molecule has 1 saturated carbocycles. The van der Waals surface area contributed by atoms with Crippen molar-refractivity contribution in [2.24, 2.45) is 0 Å². The molecule has 2 amide bonds. The number of hydrogen-bond acceptors (Lipinski definition) is 4. The minimum atomic E-state index is -4.77. The number of nitrogens with zero attached hydrogens (tertiary/aromatic N) is 1. The van der Waals surface area contributed by atoms with Crippen LogP contribution in [-0.2, 0) is 28.7 Å². The summed E-state index contributed by atoms with van der Waals surface area (Å²) in [5.41, 5.74) is 1.17. The Kier molecular flexibility index (Phi) is 10.2. The second-order valence-electron chi connectivity index (χ2n) is 10.7. The number of anilines is 1. The highest BCUT2D eigenvalue weighted by Crippen LogP contribution is 2.34. The first-order valence-corrected chi connectivity index (χ1v) is 14.0. The first kappa shape index (κ1) is 31.7. The van der Waals surface area contributed by atoms with Gasteiger partial charge in [0.05, 0.1) is 25.1 Å². The Hall–Kier alpha value is -4.25. The lowest BCUT2D eigenvalue weighted by Crippen LogP contribution is -2.36. The average Bonchev–Trinajstić information content (AvgIpc) is 2.98. The van der Waals surface area contributed by atoms with E-state index in [0.29, 0.717) is 23.2 Å². The molecule has 0 bridgehead atoms. The van der Waals surface area contributed by atoms with Crippen molar-refractivity contribution < 1.29 is 42.2 Å². The fraction of sp³-hybridized carbons (Fsp3) is 0.344. The smallest absolute Gasteiger partial charge is 0.416 e. The fourth-order valence-corrected chi connectivity index (χ4v) is 5.19.